The SMILES string of the molecule is CCCCOCCNC(=O)c1cc(NCCC)ncc1Cl. The zero-order valence-corrected chi connectivity index (χ0v) is 13.5. The third-order valence-electron chi connectivity index (χ3n) is 2.83. The van der Waals surface area contributed by atoms with Gasteiger partial charge in [0.1, 0.15) is 5.82 Å². The molecule has 1 heterocycles. The molecule has 0 spiro atoms. The molecule has 0 bridgehead atoms. The number of amides is 1. The first-order valence-corrected chi connectivity index (χ1v) is 7.82. The number of aromatic nitrogens is 1. The molecule has 21 heavy (non-hydrogen) atoms. The van der Waals surface area contributed by atoms with Gasteiger partial charge in [-0.05, 0) is 18.9 Å². The molecule has 1 rings (SSSR count). The summed E-state index contributed by atoms with van der Waals surface area (Å²) < 4.78 is 5.40. The second-order valence-electron chi connectivity index (χ2n) is 4.70. The van der Waals surface area contributed by atoms with Crippen LogP contribution in [0.1, 0.15) is 43.5 Å². The third-order valence-corrected chi connectivity index (χ3v) is 3.13. The summed E-state index contributed by atoms with van der Waals surface area (Å²) in [5.41, 5.74) is 0.429. The van der Waals surface area contributed by atoms with E-state index in [4.69, 9.17) is 16.3 Å². The summed E-state index contributed by atoms with van der Waals surface area (Å²) in [6.07, 6.45) is 4.62. The number of halogens is 1. The Balaban J connectivity index is 2.45. The maximum absolute atomic E-state index is 12.1. The van der Waals surface area contributed by atoms with E-state index in [1.54, 1.807) is 6.07 Å². The molecule has 0 radical (unpaired) electrons. The molecule has 0 unspecified atom stereocenters. The predicted molar refractivity (Wildman–Crippen MR) is 86.1 cm³/mol. The summed E-state index contributed by atoms with van der Waals surface area (Å²) in [6.45, 7) is 6.69. The van der Waals surface area contributed by atoms with Crippen LogP contribution in [-0.4, -0.2) is 37.2 Å². The lowest BCUT2D eigenvalue weighted by atomic mass is 10.2. The molecule has 0 saturated carbocycles. The number of carbonyl (C=O) groups excluding carboxylic acids is 1. The highest BCUT2D eigenvalue weighted by molar-refractivity contribution is 6.33. The average Bonchev–Trinajstić information content (AvgIpc) is 2.49. The number of nitrogens with one attached hydrogen (secondary N) is 2. The first kappa shape index (κ1) is 17.7. The average molecular weight is 314 g/mol. The third kappa shape index (κ3) is 6.78. The van der Waals surface area contributed by atoms with Gasteiger partial charge in [-0.15, -0.1) is 0 Å². The lowest BCUT2D eigenvalue weighted by Crippen LogP contribution is -2.27. The number of anilines is 1. The van der Waals surface area contributed by atoms with Gasteiger partial charge in [0.05, 0.1) is 17.2 Å². The fraction of sp³-hybridized carbons (Fsp3) is 0.600. The van der Waals surface area contributed by atoms with Crippen molar-refractivity contribution < 1.29 is 9.53 Å². The van der Waals surface area contributed by atoms with Crippen molar-refractivity contribution in [3.8, 4) is 0 Å². The van der Waals surface area contributed by atoms with Crippen molar-refractivity contribution in [3.05, 3.63) is 22.8 Å². The van der Waals surface area contributed by atoms with Crippen molar-refractivity contribution in [2.24, 2.45) is 0 Å². The zero-order valence-electron chi connectivity index (χ0n) is 12.7. The number of hydrogen-bond acceptors (Lipinski definition) is 4. The Morgan fingerprint density at radius 3 is 2.81 bits per heavy atom. The van der Waals surface area contributed by atoms with Crippen LogP contribution in [0.2, 0.25) is 5.02 Å². The van der Waals surface area contributed by atoms with Crippen molar-refractivity contribution in [3.63, 3.8) is 0 Å². The Bertz CT molecular complexity index is 441. The number of ether oxygens (including phenoxy) is 1. The van der Waals surface area contributed by atoms with Crippen molar-refractivity contribution >= 4 is 23.3 Å². The van der Waals surface area contributed by atoms with Crippen LogP contribution in [0.4, 0.5) is 5.82 Å². The van der Waals surface area contributed by atoms with Gasteiger partial charge in [-0.1, -0.05) is 31.9 Å². The Labute approximate surface area is 131 Å². The van der Waals surface area contributed by atoms with Crippen molar-refractivity contribution in [1.82, 2.24) is 10.3 Å². The molecular formula is C15H24ClN3O2. The summed E-state index contributed by atoms with van der Waals surface area (Å²) in [5, 5.41) is 6.28. The van der Waals surface area contributed by atoms with Gasteiger partial charge in [0.15, 0.2) is 0 Å². The van der Waals surface area contributed by atoms with Crippen molar-refractivity contribution in [1.29, 1.82) is 0 Å². The molecule has 0 atom stereocenters. The van der Waals surface area contributed by atoms with Gasteiger partial charge in [0.2, 0.25) is 0 Å². The molecule has 5 nitrogen and oxygen atoms in total. The monoisotopic (exact) mass is 313 g/mol. The maximum atomic E-state index is 12.1. The minimum atomic E-state index is -0.207. The van der Waals surface area contributed by atoms with E-state index in [0.29, 0.717) is 29.6 Å². The fourth-order valence-electron chi connectivity index (χ4n) is 1.64. The summed E-state index contributed by atoms with van der Waals surface area (Å²) >= 11 is 6.02. The number of pyridine rings is 1. The Morgan fingerprint density at radius 1 is 1.29 bits per heavy atom. The van der Waals surface area contributed by atoms with Crippen LogP contribution in [0, 0.1) is 0 Å². The van der Waals surface area contributed by atoms with Crippen LogP contribution in [0.25, 0.3) is 0 Å². The minimum Gasteiger partial charge on any atom is -0.380 e. The second kappa shape index (κ2) is 10.4. The highest BCUT2D eigenvalue weighted by atomic mass is 35.5. The number of unbranched alkanes of at least 4 members (excludes halogenated alkanes) is 1. The van der Waals surface area contributed by atoms with Crippen molar-refractivity contribution in [2.45, 2.75) is 33.1 Å². The molecule has 0 aliphatic rings. The molecule has 6 heteroatoms. The Hall–Kier alpha value is -1.33. The molecular weight excluding hydrogens is 290 g/mol. The van der Waals surface area contributed by atoms with E-state index in [2.05, 4.69) is 29.5 Å². The van der Waals surface area contributed by atoms with Gasteiger partial charge in [0.25, 0.3) is 5.91 Å². The molecule has 0 saturated heterocycles. The smallest absolute Gasteiger partial charge is 0.253 e. The van der Waals surface area contributed by atoms with E-state index < -0.39 is 0 Å². The summed E-state index contributed by atoms with van der Waals surface area (Å²) in [7, 11) is 0. The molecule has 2 N–H and O–H groups in total. The first-order valence-electron chi connectivity index (χ1n) is 7.44. The van der Waals surface area contributed by atoms with E-state index >= 15 is 0 Å². The molecule has 118 valence electrons. The maximum Gasteiger partial charge on any atom is 0.253 e. The van der Waals surface area contributed by atoms with Crippen LogP contribution in [0.5, 0.6) is 0 Å². The summed E-state index contributed by atoms with van der Waals surface area (Å²) in [4.78, 5) is 16.2. The minimum absolute atomic E-state index is 0.207. The van der Waals surface area contributed by atoms with E-state index in [1.165, 1.54) is 6.20 Å². The molecule has 1 aromatic heterocycles. The highest BCUT2D eigenvalue weighted by Crippen LogP contribution is 2.17. The van der Waals surface area contributed by atoms with Crippen LogP contribution < -0.4 is 10.6 Å². The zero-order chi connectivity index (χ0) is 15.5. The van der Waals surface area contributed by atoms with E-state index in [-0.39, 0.29) is 5.91 Å². The molecule has 1 aromatic rings. The van der Waals surface area contributed by atoms with Gasteiger partial charge in [-0.25, -0.2) is 4.98 Å². The van der Waals surface area contributed by atoms with Gasteiger partial charge in [0, 0.05) is 25.9 Å². The van der Waals surface area contributed by atoms with Gasteiger partial charge >= 0.3 is 0 Å². The molecule has 1 amide bonds. The molecule has 0 fully saturated rings. The largest absolute Gasteiger partial charge is 0.380 e. The quantitative estimate of drug-likeness (QED) is 0.652. The van der Waals surface area contributed by atoms with Crippen LogP contribution in [-0.2, 0) is 4.74 Å². The van der Waals surface area contributed by atoms with Crippen LogP contribution >= 0.6 is 11.6 Å². The van der Waals surface area contributed by atoms with Gasteiger partial charge in [-0.2, -0.15) is 0 Å². The van der Waals surface area contributed by atoms with Crippen LogP contribution in [0.3, 0.4) is 0 Å². The normalized spacial score (nSPS) is 10.4. The van der Waals surface area contributed by atoms with E-state index in [0.717, 1.165) is 32.4 Å². The fourth-order valence-corrected chi connectivity index (χ4v) is 1.83. The highest BCUT2D eigenvalue weighted by Gasteiger charge is 2.11. The first-order chi connectivity index (χ1) is 10.2. The van der Waals surface area contributed by atoms with Gasteiger partial charge in [-0.3, -0.25) is 4.79 Å². The topological polar surface area (TPSA) is 63.2 Å². The number of hydrogen-bond donors (Lipinski definition) is 2. The number of nitrogens with zero attached hydrogens (tertiary/aromatic N) is 1. The summed E-state index contributed by atoms with van der Waals surface area (Å²) in [6, 6.07) is 1.67. The number of rotatable bonds is 10. The van der Waals surface area contributed by atoms with Crippen molar-refractivity contribution in [2.75, 3.05) is 31.6 Å². The van der Waals surface area contributed by atoms with Gasteiger partial charge < -0.3 is 15.4 Å². The van der Waals surface area contributed by atoms with E-state index in [9.17, 15) is 4.79 Å². The second-order valence-corrected chi connectivity index (χ2v) is 5.11. The summed E-state index contributed by atoms with van der Waals surface area (Å²) in [5.74, 6) is 0.451. The van der Waals surface area contributed by atoms with Crippen LogP contribution in [0.15, 0.2) is 12.3 Å². The molecule has 0 aliphatic heterocycles. The molecule has 0 aromatic carbocycles. The lowest BCUT2D eigenvalue weighted by molar-refractivity contribution is 0.0913. The Morgan fingerprint density at radius 2 is 2.10 bits per heavy atom. The standard InChI is InChI=1S/C15H24ClN3O2/c1-3-5-8-21-9-7-18-15(20)12-10-14(17-6-4-2)19-11-13(12)16/h10-11H,3-9H2,1-2H3,(H,17,19)(H,18,20). The van der Waals surface area contributed by atoms with E-state index in [1.807, 2.05) is 0 Å². The Kier molecular flexibility index (Phi) is 8.78. The molecule has 0 aliphatic carbocycles. The predicted octanol–water partition coefficient (Wildman–Crippen LogP) is 3.10. The number of carbonyl (C=O) groups is 1. The lowest BCUT2D eigenvalue weighted by Gasteiger charge is -2.09.